The first kappa shape index (κ1) is 29.7. The zero-order valence-corrected chi connectivity index (χ0v) is 22.8. The molecule has 38 heavy (non-hydrogen) atoms. The minimum Gasteiger partial charge on any atom is -0.396 e. The fraction of sp³-hybridized carbons (Fsp3) is 0.192. The van der Waals surface area contributed by atoms with Gasteiger partial charge in [0.25, 0.3) is 11.8 Å². The molecular formula is C26H22BrClF3N3O3S. The molecule has 3 N–H and O–H groups in total. The highest BCUT2D eigenvalue weighted by atomic mass is 79.9. The zero-order chi connectivity index (χ0) is 27.7. The number of rotatable bonds is 10. The summed E-state index contributed by atoms with van der Waals surface area (Å²) >= 11 is 10.6. The van der Waals surface area contributed by atoms with E-state index >= 15 is 0 Å². The van der Waals surface area contributed by atoms with Crippen LogP contribution in [0.3, 0.4) is 0 Å². The number of aliphatic hydroxyl groups is 1. The maximum absolute atomic E-state index is 13.1. The van der Waals surface area contributed by atoms with Gasteiger partial charge < -0.3 is 10.4 Å². The molecule has 0 atom stereocenters. The molecule has 200 valence electrons. The fourth-order valence-corrected chi connectivity index (χ4v) is 4.67. The lowest BCUT2D eigenvalue weighted by molar-refractivity contribution is -0.137. The van der Waals surface area contributed by atoms with Gasteiger partial charge >= 0.3 is 6.18 Å². The summed E-state index contributed by atoms with van der Waals surface area (Å²) in [6, 6.07) is 15.0. The maximum Gasteiger partial charge on any atom is 0.417 e. The van der Waals surface area contributed by atoms with Gasteiger partial charge in [-0.25, -0.2) is 5.43 Å². The van der Waals surface area contributed by atoms with Crippen molar-refractivity contribution in [1.82, 2.24) is 5.43 Å². The Morgan fingerprint density at radius 3 is 2.47 bits per heavy atom. The van der Waals surface area contributed by atoms with Crippen LogP contribution in [0.1, 0.15) is 43.8 Å². The second kappa shape index (κ2) is 13.8. The minimum absolute atomic E-state index is 0.0834. The summed E-state index contributed by atoms with van der Waals surface area (Å²) < 4.78 is 39.7. The third kappa shape index (κ3) is 8.59. The Morgan fingerprint density at radius 1 is 1.05 bits per heavy atom. The molecule has 3 rings (SSSR count). The number of aliphatic hydroxyl groups excluding tert-OH is 1. The molecule has 3 aromatic carbocycles. The molecule has 0 saturated heterocycles. The fourth-order valence-electron chi connectivity index (χ4n) is 3.18. The van der Waals surface area contributed by atoms with Gasteiger partial charge in [0.2, 0.25) is 0 Å². The third-order valence-electron chi connectivity index (χ3n) is 5.08. The summed E-state index contributed by atoms with van der Waals surface area (Å²) in [5.74, 6) is 0.488. The SMILES string of the molecule is O=C(Nc1ccc(Br)cc1C(=O)N/N=C\c1ccc(Cl)c(C(F)(F)F)c1)c1ccc(CSCCCO)cc1. The molecule has 0 unspecified atom stereocenters. The largest absolute Gasteiger partial charge is 0.417 e. The molecule has 0 aliphatic rings. The van der Waals surface area contributed by atoms with Crippen LogP contribution in [0.4, 0.5) is 18.9 Å². The van der Waals surface area contributed by atoms with Gasteiger partial charge in [-0.3, -0.25) is 9.59 Å². The summed E-state index contributed by atoms with van der Waals surface area (Å²) in [6.45, 7) is 0.152. The van der Waals surface area contributed by atoms with Crippen molar-refractivity contribution >= 4 is 63.0 Å². The lowest BCUT2D eigenvalue weighted by atomic mass is 10.1. The second-order valence-electron chi connectivity index (χ2n) is 7.91. The average molecular weight is 629 g/mol. The van der Waals surface area contributed by atoms with Crippen molar-refractivity contribution in [2.45, 2.75) is 18.3 Å². The molecule has 3 aromatic rings. The Kier molecular flexibility index (Phi) is 10.8. The normalized spacial score (nSPS) is 11.5. The predicted molar refractivity (Wildman–Crippen MR) is 148 cm³/mol. The summed E-state index contributed by atoms with van der Waals surface area (Å²) in [5, 5.41) is 14.9. The summed E-state index contributed by atoms with van der Waals surface area (Å²) in [6.07, 6.45) is -2.85. The molecule has 0 heterocycles. The van der Waals surface area contributed by atoms with Gasteiger partial charge in [-0.05, 0) is 65.8 Å². The highest BCUT2D eigenvalue weighted by Gasteiger charge is 2.33. The van der Waals surface area contributed by atoms with Crippen LogP contribution >= 0.6 is 39.3 Å². The number of nitrogens with one attached hydrogen (secondary N) is 2. The molecule has 0 saturated carbocycles. The van der Waals surface area contributed by atoms with Crippen molar-refractivity contribution in [1.29, 1.82) is 0 Å². The first-order chi connectivity index (χ1) is 18.1. The van der Waals surface area contributed by atoms with Crippen molar-refractivity contribution in [2.75, 3.05) is 17.7 Å². The number of amides is 2. The standard InChI is InChI=1S/C26H22BrClF3N3O3S/c27-19-7-9-23(33-24(36)18-5-2-16(3-6-18)15-38-11-1-10-35)20(13-19)25(37)34-32-14-17-4-8-22(28)21(12-17)26(29,30)31/h2-9,12-14,35H,1,10-11,15H2,(H,33,36)(H,34,37)/b32-14-. The van der Waals surface area contributed by atoms with Crippen LogP contribution in [-0.2, 0) is 11.9 Å². The van der Waals surface area contributed by atoms with Gasteiger partial charge in [0.15, 0.2) is 0 Å². The number of hydrogen-bond donors (Lipinski definition) is 3. The Balaban J connectivity index is 1.68. The summed E-state index contributed by atoms with van der Waals surface area (Å²) in [7, 11) is 0. The Hall–Kier alpha value is -2.86. The third-order valence-corrected chi connectivity index (χ3v) is 7.02. The summed E-state index contributed by atoms with van der Waals surface area (Å²) in [5.41, 5.74) is 3.08. The number of halogens is 5. The number of carbonyl (C=O) groups is 2. The van der Waals surface area contributed by atoms with Crippen molar-refractivity contribution in [3.63, 3.8) is 0 Å². The van der Waals surface area contributed by atoms with Crippen molar-refractivity contribution in [3.8, 4) is 0 Å². The van der Waals surface area contributed by atoms with E-state index in [2.05, 4.69) is 31.8 Å². The molecule has 0 aliphatic heterocycles. The average Bonchev–Trinajstić information content (AvgIpc) is 2.88. The number of hydrazone groups is 1. The second-order valence-corrected chi connectivity index (χ2v) is 10.3. The van der Waals surface area contributed by atoms with Gasteiger partial charge in [0.05, 0.1) is 28.1 Å². The maximum atomic E-state index is 13.1. The van der Waals surface area contributed by atoms with E-state index in [1.807, 2.05) is 12.1 Å². The lowest BCUT2D eigenvalue weighted by Gasteiger charge is -2.11. The molecule has 0 fully saturated rings. The van der Waals surface area contributed by atoms with E-state index in [1.165, 1.54) is 12.1 Å². The molecule has 0 aliphatic carbocycles. The smallest absolute Gasteiger partial charge is 0.396 e. The zero-order valence-electron chi connectivity index (χ0n) is 19.7. The lowest BCUT2D eigenvalue weighted by Crippen LogP contribution is -2.21. The first-order valence-electron chi connectivity index (χ1n) is 11.2. The van der Waals surface area contributed by atoms with E-state index in [0.29, 0.717) is 10.0 Å². The molecule has 0 spiro atoms. The number of nitrogens with zero attached hydrogens (tertiary/aromatic N) is 1. The van der Waals surface area contributed by atoms with E-state index in [0.717, 1.165) is 41.8 Å². The highest BCUT2D eigenvalue weighted by Crippen LogP contribution is 2.34. The number of hydrogen-bond acceptors (Lipinski definition) is 5. The van der Waals surface area contributed by atoms with Crippen LogP contribution in [0.25, 0.3) is 0 Å². The first-order valence-corrected chi connectivity index (χ1v) is 13.5. The number of thioether (sulfide) groups is 1. The van der Waals surface area contributed by atoms with Gasteiger partial charge in [0, 0.05) is 22.4 Å². The van der Waals surface area contributed by atoms with Gasteiger partial charge in [-0.2, -0.15) is 30.0 Å². The van der Waals surface area contributed by atoms with Crippen molar-refractivity contribution < 1.29 is 27.9 Å². The molecule has 0 aromatic heterocycles. The van der Waals surface area contributed by atoms with E-state index in [9.17, 15) is 22.8 Å². The van der Waals surface area contributed by atoms with Gasteiger partial charge in [0.1, 0.15) is 0 Å². The van der Waals surface area contributed by atoms with Crippen LogP contribution in [0, 0.1) is 0 Å². The quantitative estimate of drug-likeness (QED) is 0.132. The Morgan fingerprint density at radius 2 is 1.79 bits per heavy atom. The number of anilines is 1. The van der Waals surface area contributed by atoms with Crippen LogP contribution in [0.2, 0.25) is 5.02 Å². The molecule has 2 amide bonds. The molecule has 6 nitrogen and oxygen atoms in total. The monoisotopic (exact) mass is 627 g/mol. The molecule has 0 bridgehead atoms. The van der Waals surface area contributed by atoms with Gasteiger partial charge in [-0.15, -0.1) is 0 Å². The van der Waals surface area contributed by atoms with Crippen molar-refractivity contribution in [3.05, 3.63) is 98.0 Å². The Labute approximate surface area is 234 Å². The summed E-state index contributed by atoms with van der Waals surface area (Å²) in [4.78, 5) is 25.6. The van der Waals surface area contributed by atoms with Crippen LogP contribution in [0.15, 0.2) is 70.2 Å². The van der Waals surface area contributed by atoms with E-state index in [4.69, 9.17) is 16.7 Å². The molecular weight excluding hydrogens is 607 g/mol. The number of benzene rings is 3. The number of carbonyl (C=O) groups excluding carboxylic acids is 2. The number of alkyl halides is 3. The molecule has 12 heteroatoms. The Bertz CT molecular complexity index is 1320. The predicted octanol–water partition coefficient (Wildman–Crippen LogP) is 6.75. The van der Waals surface area contributed by atoms with Crippen LogP contribution < -0.4 is 10.7 Å². The minimum atomic E-state index is -4.63. The van der Waals surface area contributed by atoms with Crippen LogP contribution in [-0.4, -0.2) is 35.5 Å². The highest BCUT2D eigenvalue weighted by molar-refractivity contribution is 9.10. The van der Waals surface area contributed by atoms with Crippen molar-refractivity contribution in [2.24, 2.45) is 5.10 Å². The van der Waals surface area contributed by atoms with E-state index in [-0.39, 0.29) is 23.4 Å². The van der Waals surface area contributed by atoms with E-state index < -0.39 is 28.6 Å². The topological polar surface area (TPSA) is 90.8 Å². The van der Waals surface area contributed by atoms with Crippen LogP contribution in [0.5, 0.6) is 0 Å². The van der Waals surface area contributed by atoms with E-state index in [1.54, 1.807) is 36.0 Å². The van der Waals surface area contributed by atoms with Gasteiger partial charge in [-0.1, -0.05) is 45.7 Å². The molecule has 0 radical (unpaired) electrons.